The second kappa shape index (κ2) is 6.51. The third-order valence-corrected chi connectivity index (χ3v) is 3.62. The maximum atomic E-state index is 12.2. The van der Waals surface area contributed by atoms with Crippen LogP contribution < -0.4 is 5.32 Å². The Morgan fingerprint density at radius 3 is 2.61 bits per heavy atom. The highest BCUT2D eigenvalue weighted by Crippen LogP contribution is 2.24. The number of carboxylic acid groups (broad SMARTS) is 1. The number of Topliss-reactive ketones (excluding diaryl/α,β-unsaturated/α-hetero) is 1. The zero-order valence-electron chi connectivity index (χ0n) is 13.1. The van der Waals surface area contributed by atoms with Gasteiger partial charge in [-0.2, -0.15) is 0 Å². The predicted octanol–water partition coefficient (Wildman–Crippen LogP) is 1.68. The lowest BCUT2D eigenvalue weighted by molar-refractivity contribution is -0.137. The topological polar surface area (TPSA) is 108 Å². The van der Waals surface area contributed by atoms with Gasteiger partial charge >= 0.3 is 5.97 Å². The smallest absolute Gasteiger partial charge is 0.303 e. The molecule has 1 aliphatic heterocycles. The van der Waals surface area contributed by atoms with E-state index in [0.717, 1.165) is 0 Å². The number of hydrogen-bond acceptors (Lipinski definition) is 4. The molecule has 0 aromatic carbocycles. The van der Waals surface area contributed by atoms with Crippen LogP contribution in [0.25, 0.3) is 6.08 Å². The Bertz CT molecular complexity index is 740. The van der Waals surface area contributed by atoms with E-state index in [9.17, 15) is 14.4 Å². The number of rotatable bonds is 6. The summed E-state index contributed by atoms with van der Waals surface area (Å²) in [7, 11) is 1.47. The molecule has 0 spiro atoms. The fraction of sp³-hybridized carbons (Fsp3) is 0.312. The van der Waals surface area contributed by atoms with Crippen LogP contribution in [0.15, 0.2) is 17.5 Å². The van der Waals surface area contributed by atoms with Gasteiger partial charge in [0.05, 0.1) is 19.2 Å². The van der Waals surface area contributed by atoms with Crippen molar-refractivity contribution >= 4 is 23.7 Å². The highest BCUT2D eigenvalue weighted by molar-refractivity contribution is 6.01. The number of H-pyrrole nitrogens is 1. The van der Waals surface area contributed by atoms with Crippen LogP contribution in [0.2, 0.25) is 0 Å². The summed E-state index contributed by atoms with van der Waals surface area (Å²) >= 11 is 0. The van der Waals surface area contributed by atoms with Crippen molar-refractivity contribution in [2.24, 2.45) is 0 Å². The Morgan fingerprint density at radius 1 is 1.30 bits per heavy atom. The van der Waals surface area contributed by atoms with E-state index in [1.807, 2.05) is 0 Å². The third-order valence-electron chi connectivity index (χ3n) is 3.62. The third kappa shape index (κ3) is 3.50. The first-order chi connectivity index (χ1) is 10.8. The summed E-state index contributed by atoms with van der Waals surface area (Å²) < 4.78 is 5.12. The van der Waals surface area contributed by atoms with E-state index in [1.165, 1.54) is 13.2 Å². The molecule has 0 fully saturated rings. The quantitative estimate of drug-likeness (QED) is 0.692. The van der Waals surface area contributed by atoms with Crippen LogP contribution in [0.4, 0.5) is 0 Å². The van der Waals surface area contributed by atoms with Crippen LogP contribution in [0.5, 0.6) is 0 Å². The van der Waals surface area contributed by atoms with Gasteiger partial charge in [-0.05, 0) is 25.5 Å². The summed E-state index contributed by atoms with van der Waals surface area (Å²) in [6, 6.07) is 0. The average molecular weight is 318 g/mol. The van der Waals surface area contributed by atoms with Crippen molar-refractivity contribution in [3.8, 4) is 0 Å². The number of methoxy groups -OCH3 is 1. The molecule has 2 heterocycles. The molecule has 3 N–H and O–H groups in total. The molecule has 0 atom stereocenters. The van der Waals surface area contributed by atoms with Gasteiger partial charge in [0.2, 0.25) is 0 Å². The number of nitrogens with one attached hydrogen (secondary N) is 2. The fourth-order valence-electron chi connectivity index (χ4n) is 2.53. The first kappa shape index (κ1) is 16.5. The van der Waals surface area contributed by atoms with Gasteiger partial charge in [0.1, 0.15) is 5.76 Å². The van der Waals surface area contributed by atoms with Crippen LogP contribution in [-0.2, 0) is 14.3 Å². The van der Waals surface area contributed by atoms with Crippen LogP contribution in [-0.4, -0.2) is 34.9 Å². The maximum Gasteiger partial charge on any atom is 0.303 e. The van der Waals surface area contributed by atoms with Crippen LogP contribution in [0.3, 0.4) is 0 Å². The minimum atomic E-state index is -1.00. The maximum absolute atomic E-state index is 12.2. The Hall–Kier alpha value is -2.83. The zero-order chi connectivity index (χ0) is 17.1. The predicted molar refractivity (Wildman–Crippen MR) is 82.7 cm³/mol. The van der Waals surface area contributed by atoms with Crippen LogP contribution in [0, 0.1) is 13.8 Å². The van der Waals surface area contributed by atoms with Gasteiger partial charge in [0.25, 0.3) is 5.91 Å². The highest BCUT2D eigenvalue weighted by atomic mass is 16.5. The largest absolute Gasteiger partial charge is 0.494 e. The molecule has 1 aromatic rings. The van der Waals surface area contributed by atoms with Crippen molar-refractivity contribution < 1.29 is 24.2 Å². The summed E-state index contributed by atoms with van der Waals surface area (Å²) in [5.41, 5.74) is 3.04. The van der Waals surface area contributed by atoms with Gasteiger partial charge in [-0.1, -0.05) is 0 Å². The molecule has 122 valence electrons. The van der Waals surface area contributed by atoms with E-state index in [4.69, 9.17) is 9.84 Å². The molecule has 1 amide bonds. The molecule has 0 aliphatic carbocycles. The number of carbonyl (C=O) groups excluding carboxylic acids is 2. The summed E-state index contributed by atoms with van der Waals surface area (Å²) in [5.74, 6) is -1.08. The zero-order valence-corrected chi connectivity index (χ0v) is 13.1. The van der Waals surface area contributed by atoms with Crippen molar-refractivity contribution in [1.29, 1.82) is 0 Å². The van der Waals surface area contributed by atoms with Gasteiger partial charge in [0.15, 0.2) is 5.78 Å². The molecule has 7 heteroatoms. The number of amides is 1. The van der Waals surface area contributed by atoms with Crippen molar-refractivity contribution in [2.75, 3.05) is 7.11 Å². The molecule has 23 heavy (non-hydrogen) atoms. The standard InChI is InChI=1S/C16H18N2O5/c1-8-10(6-11-13(23-3)7-14(20)18-11)17-9(2)16(8)12(19)4-5-15(21)22/h6-7,17H,4-5H2,1-3H3,(H,18,20)(H,21,22)/b11-6-. The lowest BCUT2D eigenvalue weighted by Gasteiger charge is -2.04. The summed E-state index contributed by atoms with van der Waals surface area (Å²) in [4.78, 5) is 37.3. The van der Waals surface area contributed by atoms with Crippen molar-refractivity contribution in [1.82, 2.24) is 10.3 Å². The number of carbonyl (C=O) groups is 3. The molecule has 0 radical (unpaired) electrons. The van der Waals surface area contributed by atoms with E-state index in [2.05, 4.69) is 10.3 Å². The summed E-state index contributed by atoms with van der Waals surface area (Å²) in [6.07, 6.45) is 2.78. The first-order valence-electron chi connectivity index (χ1n) is 7.06. The van der Waals surface area contributed by atoms with E-state index in [-0.39, 0.29) is 24.5 Å². The number of ketones is 1. The number of carboxylic acids is 1. The Morgan fingerprint density at radius 2 is 2.00 bits per heavy atom. The van der Waals surface area contributed by atoms with E-state index < -0.39 is 5.97 Å². The summed E-state index contributed by atoms with van der Waals surface area (Å²) in [6.45, 7) is 3.53. The lowest BCUT2D eigenvalue weighted by atomic mass is 10.0. The van der Waals surface area contributed by atoms with Crippen molar-refractivity contribution in [3.63, 3.8) is 0 Å². The molecular weight excluding hydrogens is 300 g/mol. The van der Waals surface area contributed by atoms with E-state index in [0.29, 0.717) is 34.0 Å². The lowest BCUT2D eigenvalue weighted by Crippen LogP contribution is -2.13. The molecular formula is C16H18N2O5. The number of aryl methyl sites for hydroxylation is 1. The van der Waals surface area contributed by atoms with Crippen molar-refractivity contribution in [2.45, 2.75) is 26.7 Å². The molecule has 1 aliphatic rings. The fourth-order valence-corrected chi connectivity index (χ4v) is 2.53. The Balaban J connectivity index is 2.31. The SMILES string of the molecule is COC1=CC(=O)N/C1=C\c1[nH]c(C)c(C(=O)CCC(=O)O)c1C. The van der Waals surface area contributed by atoms with Crippen LogP contribution >= 0.6 is 0 Å². The van der Waals surface area contributed by atoms with Gasteiger partial charge < -0.3 is 20.1 Å². The van der Waals surface area contributed by atoms with E-state index >= 15 is 0 Å². The van der Waals surface area contributed by atoms with Crippen molar-refractivity contribution in [3.05, 3.63) is 40.0 Å². The first-order valence-corrected chi connectivity index (χ1v) is 7.06. The minimum Gasteiger partial charge on any atom is -0.494 e. The van der Waals surface area contributed by atoms with Gasteiger partial charge in [-0.3, -0.25) is 14.4 Å². The molecule has 2 rings (SSSR count). The number of aromatic nitrogens is 1. The molecule has 1 aromatic heterocycles. The molecule has 0 unspecified atom stereocenters. The summed E-state index contributed by atoms with van der Waals surface area (Å²) in [5, 5.41) is 11.3. The van der Waals surface area contributed by atoms with Crippen LogP contribution in [0.1, 0.15) is 40.2 Å². The number of hydrogen-bond donors (Lipinski definition) is 3. The monoisotopic (exact) mass is 318 g/mol. The minimum absolute atomic E-state index is 0.0508. The second-order valence-electron chi connectivity index (χ2n) is 5.24. The molecule has 0 bridgehead atoms. The number of ether oxygens (including phenoxy) is 1. The second-order valence-corrected chi connectivity index (χ2v) is 5.24. The molecule has 0 saturated carbocycles. The van der Waals surface area contributed by atoms with E-state index in [1.54, 1.807) is 19.9 Å². The molecule has 0 saturated heterocycles. The average Bonchev–Trinajstić information content (AvgIpc) is 2.96. The highest BCUT2D eigenvalue weighted by Gasteiger charge is 2.21. The van der Waals surface area contributed by atoms with Gasteiger partial charge in [0, 0.05) is 29.4 Å². The Labute approximate surface area is 133 Å². The van der Waals surface area contributed by atoms with Gasteiger partial charge in [-0.15, -0.1) is 0 Å². The normalized spacial score (nSPS) is 15.5. The van der Waals surface area contributed by atoms with Gasteiger partial charge in [-0.25, -0.2) is 0 Å². The number of aliphatic carboxylic acids is 1. The Kier molecular flexibility index (Phi) is 4.68. The number of aromatic amines is 1. The molecule has 7 nitrogen and oxygen atoms in total.